The van der Waals surface area contributed by atoms with Crippen LogP contribution in [-0.4, -0.2) is 34.7 Å². The number of nitrogens with zero attached hydrogens (tertiary/aromatic N) is 1. The zero-order valence-corrected chi connectivity index (χ0v) is 14.1. The van der Waals surface area contributed by atoms with Crippen LogP contribution >= 0.6 is 0 Å². The molecule has 2 aromatic rings. The first kappa shape index (κ1) is 16.5. The van der Waals surface area contributed by atoms with E-state index in [9.17, 15) is 8.42 Å². The highest BCUT2D eigenvalue weighted by Gasteiger charge is 2.11. The van der Waals surface area contributed by atoms with E-state index < -0.39 is 10.0 Å². The Morgan fingerprint density at radius 3 is 2.29 bits per heavy atom. The highest BCUT2D eigenvalue weighted by Crippen LogP contribution is 2.20. The van der Waals surface area contributed by atoms with Crippen molar-refractivity contribution in [1.29, 1.82) is 0 Å². The number of rotatable bonds is 5. The number of sulfonamides is 1. The van der Waals surface area contributed by atoms with Gasteiger partial charge in [0.05, 0.1) is 18.6 Å². The highest BCUT2D eigenvalue weighted by molar-refractivity contribution is 7.95. The standard InChI is InChI=1S/C18H20N2O3S/c21-24(22,15-10-16-4-2-1-3-5-16)19-17-6-8-18(9-7-17)20-11-13-23-14-12-20/h1-10,15,19H,11-14H2/b15-10+. The van der Waals surface area contributed by atoms with Gasteiger partial charge in [-0.15, -0.1) is 0 Å². The normalized spacial score (nSPS) is 15.6. The lowest BCUT2D eigenvalue weighted by molar-refractivity contribution is 0.122. The number of ether oxygens (including phenoxy) is 1. The smallest absolute Gasteiger partial charge is 0.255 e. The Morgan fingerprint density at radius 1 is 0.958 bits per heavy atom. The fraction of sp³-hybridized carbons (Fsp3) is 0.222. The highest BCUT2D eigenvalue weighted by atomic mass is 32.2. The van der Waals surface area contributed by atoms with Crippen molar-refractivity contribution in [2.45, 2.75) is 0 Å². The van der Waals surface area contributed by atoms with Gasteiger partial charge in [0, 0.05) is 24.5 Å². The third kappa shape index (κ3) is 4.59. The van der Waals surface area contributed by atoms with Crippen molar-refractivity contribution < 1.29 is 13.2 Å². The third-order valence-electron chi connectivity index (χ3n) is 3.74. The van der Waals surface area contributed by atoms with Gasteiger partial charge in [-0.05, 0) is 35.9 Å². The number of hydrogen-bond acceptors (Lipinski definition) is 4. The summed E-state index contributed by atoms with van der Waals surface area (Å²) in [5.74, 6) is 0. The minimum atomic E-state index is -3.53. The fourth-order valence-electron chi connectivity index (χ4n) is 2.49. The summed E-state index contributed by atoms with van der Waals surface area (Å²) < 4.78 is 32.2. The van der Waals surface area contributed by atoms with Gasteiger partial charge in [0.15, 0.2) is 0 Å². The van der Waals surface area contributed by atoms with Crippen LogP contribution in [-0.2, 0) is 14.8 Å². The van der Waals surface area contributed by atoms with Gasteiger partial charge in [0.1, 0.15) is 0 Å². The van der Waals surface area contributed by atoms with Crippen molar-refractivity contribution >= 4 is 27.5 Å². The quantitative estimate of drug-likeness (QED) is 0.906. The number of hydrogen-bond donors (Lipinski definition) is 1. The van der Waals surface area contributed by atoms with Crippen LogP contribution in [0.4, 0.5) is 11.4 Å². The molecule has 0 aliphatic carbocycles. The Labute approximate surface area is 142 Å². The Hall–Kier alpha value is -2.31. The van der Waals surface area contributed by atoms with Gasteiger partial charge in [-0.25, -0.2) is 8.42 Å². The second-order valence-electron chi connectivity index (χ2n) is 5.51. The first-order valence-electron chi connectivity index (χ1n) is 7.81. The summed E-state index contributed by atoms with van der Waals surface area (Å²) in [6, 6.07) is 16.7. The Kier molecular flexibility index (Phi) is 5.17. The van der Waals surface area contributed by atoms with E-state index in [1.807, 2.05) is 42.5 Å². The van der Waals surface area contributed by atoms with E-state index in [4.69, 9.17) is 4.74 Å². The summed E-state index contributed by atoms with van der Waals surface area (Å²) >= 11 is 0. The summed E-state index contributed by atoms with van der Waals surface area (Å²) in [5.41, 5.74) is 2.45. The lowest BCUT2D eigenvalue weighted by Gasteiger charge is -2.28. The topological polar surface area (TPSA) is 58.6 Å². The molecule has 0 atom stereocenters. The van der Waals surface area contributed by atoms with Gasteiger partial charge in [0.2, 0.25) is 0 Å². The molecular formula is C18H20N2O3S. The predicted molar refractivity (Wildman–Crippen MR) is 97.5 cm³/mol. The SMILES string of the molecule is O=S(=O)(/C=C/c1ccccc1)Nc1ccc(N2CCOCC2)cc1. The van der Waals surface area contributed by atoms with Crippen LogP contribution in [0.1, 0.15) is 5.56 Å². The van der Waals surface area contributed by atoms with Crippen LogP contribution in [0.3, 0.4) is 0 Å². The largest absolute Gasteiger partial charge is 0.378 e. The van der Waals surface area contributed by atoms with Gasteiger partial charge in [-0.2, -0.15) is 0 Å². The molecular weight excluding hydrogens is 324 g/mol. The summed E-state index contributed by atoms with van der Waals surface area (Å²) in [5, 5.41) is 1.18. The van der Waals surface area contributed by atoms with Crippen molar-refractivity contribution in [3.05, 3.63) is 65.6 Å². The van der Waals surface area contributed by atoms with Gasteiger partial charge < -0.3 is 9.64 Å². The Bertz CT molecular complexity index is 781. The number of nitrogens with one attached hydrogen (secondary N) is 1. The van der Waals surface area contributed by atoms with E-state index in [2.05, 4.69) is 9.62 Å². The van der Waals surface area contributed by atoms with Crippen molar-refractivity contribution in [3.63, 3.8) is 0 Å². The molecule has 2 aromatic carbocycles. The third-order valence-corrected chi connectivity index (χ3v) is 4.76. The zero-order chi connectivity index (χ0) is 16.8. The minimum absolute atomic E-state index is 0.546. The molecule has 1 N–H and O–H groups in total. The lowest BCUT2D eigenvalue weighted by Crippen LogP contribution is -2.36. The van der Waals surface area contributed by atoms with Crippen molar-refractivity contribution in [2.75, 3.05) is 35.9 Å². The maximum Gasteiger partial charge on any atom is 0.255 e. The summed E-state index contributed by atoms with van der Waals surface area (Å²) in [4.78, 5) is 2.22. The molecule has 0 unspecified atom stereocenters. The van der Waals surface area contributed by atoms with Gasteiger partial charge in [0.25, 0.3) is 10.0 Å². The number of morpholine rings is 1. The molecule has 5 nitrogen and oxygen atoms in total. The first-order valence-corrected chi connectivity index (χ1v) is 9.36. The molecule has 0 amide bonds. The van der Waals surface area contributed by atoms with Crippen LogP contribution in [0, 0.1) is 0 Å². The van der Waals surface area contributed by atoms with Crippen molar-refractivity contribution in [3.8, 4) is 0 Å². The first-order chi connectivity index (χ1) is 11.6. The summed E-state index contributed by atoms with van der Waals surface area (Å²) in [7, 11) is -3.53. The molecule has 24 heavy (non-hydrogen) atoms. The van der Waals surface area contributed by atoms with E-state index in [-0.39, 0.29) is 0 Å². The van der Waals surface area contributed by atoms with Crippen LogP contribution in [0.5, 0.6) is 0 Å². The molecule has 0 radical (unpaired) electrons. The molecule has 1 heterocycles. The molecule has 0 aromatic heterocycles. The maximum absolute atomic E-state index is 12.1. The molecule has 3 rings (SSSR count). The van der Waals surface area contributed by atoms with Gasteiger partial charge in [-0.1, -0.05) is 30.3 Å². The zero-order valence-electron chi connectivity index (χ0n) is 13.3. The molecule has 0 saturated carbocycles. The van der Waals surface area contributed by atoms with Crippen LogP contribution < -0.4 is 9.62 Å². The summed E-state index contributed by atoms with van der Waals surface area (Å²) in [6.45, 7) is 3.15. The number of anilines is 2. The molecule has 1 aliphatic heterocycles. The van der Waals surface area contributed by atoms with E-state index >= 15 is 0 Å². The van der Waals surface area contributed by atoms with E-state index in [0.717, 1.165) is 37.6 Å². The Balaban J connectivity index is 1.65. The maximum atomic E-state index is 12.1. The molecule has 0 spiro atoms. The monoisotopic (exact) mass is 344 g/mol. The van der Waals surface area contributed by atoms with Crippen molar-refractivity contribution in [1.82, 2.24) is 0 Å². The second-order valence-corrected chi connectivity index (χ2v) is 7.07. The molecule has 126 valence electrons. The van der Waals surface area contributed by atoms with Gasteiger partial charge in [-0.3, -0.25) is 4.72 Å². The van der Waals surface area contributed by atoms with E-state index in [0.29, 0.717) is 5.69 Å². The molecule has 6 heteroatoms. The second kappa shape index (κ2) is 7.51. The van der Waals surface area contributed by atoms with Crippen LogP contribution in [0.2, 0.25) is 0 Å². The molecule has 1 fully saturated rings. The summed E-state index contributed by atoms with van der Waals surface area (Å²) in [6.07, 6.45) is 1.57. The molecule has 0 bridgehead atoms. The predicted octanol–water partition coefficient (Wildman–Crippen LogP) is 2.94. The average molecular weight is 344 g/mol. The average Bonchev–Trinajstić information content (AvgIpc) is 2.62. The van der Waals surface area contributed by atoms with E-state index in [1.54, 1.807) is 18.2 Å². The fourth-order valence-corrected chi connectivity index (χ4v) is 3.36. The lowest BCUT2D eigenvalue weighted by atomic mass is 10.2. The molecule has 1 saturated heterocycles. The van der Waals surface area contributed by atoms with Crippen LogP contribution in [0.25, 0.3) is 6.08 Å². The van der Waals surface area contributed by atoms with Crippen LogP contribution in [0.15, 0.2) is 60.0 Å². The molecule has 1 aliphatic rings. The van der Waals surface area contributed by atoms with Crippen molar-refractivity contribution in [2.24, 2.45) is 0 Å². The minimum Gasteiger partial charge on any atom is -0.378 e. The Morgan fingerprint density at radius 2 is 1.62 bits per heavy atom. The van der Waals surface area contributed by atoms with Gasteiger partial charge >= 0.3 is 0 Å². The van der Waals surface area contributed by atoms with E-state index in [1.165, 1.54) is 5.41 Å². The number of benzene rings is 2.